The van der Waals surface area contributed by atoms with Crippen LogP contribution in [-0.2, 0) is 10.0 Å². The first-order valence-electron chi connectivity index (χ1n) is 4.50. The summed E-state index contributed by atoms with van der Waals surface area (Å²) in [6.45, 7) is 1.39. The van der Waals surface area contributed by atoms with Gasteiger partial charge in [-0.05, 0) is 30.7 Å². The largest absolute Gasteiger partial charge is 0.387 e. The number of amidine groups is 1. The number of rotatable bonds is 3. The van der Waals surface area contributed by atoms with Gasteiger partial charge >= 0.3 is 0 Å². The van der Waals surface area contributed by atoms with Gasteiger partial charge in [0.15, 0.2) is 0 Å². The van der Waals surface area contributed by atoms with E-state index in [1.165, 1.54) is 13.0 Å². The first-order chi connectivity index (χ1) is 7.80. The van der Waals surface area contributed by atoms with Crippen LogP contribution in [-0.4, -0.2) is 14.3 Å². The highest BCUT2D eigenvalue weighted by Gasteiger charge is 2.02. The molecule has 0 unspecified atom stereocenters. The average molecular weight is 293 g/mol. The maximum atomic E-state index is 11.4. The van der Waals surface area contributed by atoms with Crippen molar-refractivity contribution in [2.45, 2.75) is 6.92 Å². The predicted octanol–water partition coefficient (Wildman–Crippen LogP) is 2.67. The lowest BCUT2D eigenvalue weighted by Crippen LogP contribution is -2.08. The van der Waals surface area contributed by atoms with Crippen molar-refractivity contribution in [2.75, 3.05) is 0 Å². The van der Waals surface area contributed by atoms with Crippen molar-refractivity contribution < 1.29 is 8.42 Å². The van der Waals surface area contributed by atoms with Crippen LogP contribution in [0.25, 0.3) is 6.08 Å². The van der Waals surface area contributed by atoms with Gasteiger partial charge in [-0.15, -0.1) is 4.40 Å². The average Bonchev–Trinajstić information content (AvgIpc) is 2.18. The lowest BCUT2D eigenvalue weighted by Gasteiger charge is -1.97. The predicted molar refractivity (Wildman–Crippen MR) is 71.7 cm³/mol. The molecule has 1 rings (SSSR count). The summed E-state index contributed by atoms with van der Waals surface area (Å²) in [7, 11) is -3.70. The van der Waals surface area contributed by atoms with Crippen molar-refractivity contribution in [3.8, 4) is 0 Å². The molecular formula is C10H10Cl2N2O2S. The van der Waals surface area contributed by atoms with E-state index in [9.17, 15) is 8.42 Å². The quantitative estimate of drug-likeness (QED) is 0.688. The van der Waals surface area contributed by atoms with Crippen LogP contribution in [0.15, 0.2) is 28.0 Å². The van der Waals surface area contributed by atoms with Gasteiger partial charge in [0.25, 0.3) is 10.0 Å². The van der Waals surface area contributed by atoms with Crippen LogP contribution in [0.3, 0.4) is 0 Å². The van der Waals surface area contributed by atoms with E-state index in [1.807, 2.05) is 0 Å². The summed E-state index contributed by atoms with van der Waals surface area (Å²) >= 11 is 11.5. The molecule has 0 aliphatic carbocycles. The second kappa shape index (κ2) is 5.53. The smallest absolute Gasteiger partial charge is 0.277 e. The van der Waals surface area contributed by atoms with Crippen molar-refractivity contribution in [2.24, 2.45) is 10.1 Å². The maximum Gasteiger partial charge on any atom is 0.277 e. The van der Waals surface area contributed by atoms with E-state index >= 15 is 0 Å². The fraction of sp³-hybridized carbons (Fsp3) is 0.100. The summed E-state index contributed by atoms with van der Waals surface area (Å²) in [4.78, 5) is 0. The van der Waals surface area contributed by atoms with Gasteiger partial charge in [0.05, 0.1) is 15.5 Å². The zero-order chi connectivity index (χ0) is 13.1. The number of hydrogen-bond donors (Lipinski definition) is 1. The highest BCUT2D eigenvalue weighted by molar-refractivity contribution is 7.93. The Labute approximate surface area is 110 Å². The molecule has 1 aromatic rings. The molecule has 0 aromatic heterocycles. The molecule has 17 heavy (non-hydrogen) atoms. The second-order valence-electron chi connectivity index (χ2n) is 3.22. The van der Waals surface area contributed by atoms with Gasteiger partial charge < -0.3 is 5.73 Å². The van der Waals surface area contributed by atoms with E-state index in [-0.39, 0.29) is 5.84 Å². The SMILES string of the molecule is CC(N)=NS(=O)(=O)C=Cc1ccc(Cl)c(Cl)c1. The van der Waals surface area contributed by atoms with E-state index in [4.69, 9.17) is 28.9 Å². The maximum absolute atomic E-state index is 11.4. The molecule has 0 aliphatic heterocycles. The molecule has 0 amide bonds. The van der Waals surface area contributed by atoms with E-state index in [0.29, 0.717) is 15.6 Å². The summed E-state index contributed by atoms with van der Waals surface area (Å²) in [5, 5.41) is 1.70. The van der Waals surface area contributed by atoms with Crippen LogP contribution in [0.4, 0.5) is 0 Å². The van der Waals surface area contributed by atoms with Crippen molar-refractivity contribution in [1.82, 2.24) is 0 Å². The van der Waals surface area contributed by atoms with Crippen molar-refractivity contribution in [3.05, 3.63) is 39.2 Å². The highest BCUT2D eigenvalue weighted by Crippen LogP contribution is 2.23. The standard InChI is InChI=1S/C10H10Cl2N2O2S/c1-7(13)14-17(15,16)5-4-8-2-3-9(11)10(12)6-8/h2-6H,1H3,(H2,13,14). The topological polar surface area (TPSA) is 72.5 Å². The molecule has 0 aliphatic rings. The summed E-state index contributed by atoms with van der Waals surface area (Å²) in [6, 6.07) is 4.77. The zero-order valence-electron chi connectivity index (χ0n) is 8.89. The molecule has 4 nitrogen and oxygen atoms in total. The van der Waals surface area contributed by atoms with Crippen LogP contribution in [0.1, 0.15) is 12.5 Å². The number of sulfonamides is 1. The van der Waals surface area contributed by atoms with Crippen molar-refractivity contribution in [1.29, 1.82) is 0 Å². The minimum Gasteiger partial charge on any atom is -0.387 e. The first-order valence-corrected chi connectivity index (χ1v) is 6.76. The fourth-order valence-corrected chi connectivity index (χ4v) is 2.11. The minimum absolute atomic E-state index is 0.0243. The van der Waals surface area contributed by atoms with Crippen LogP contribution < -0.4 is 5.73 Å². The van der Waals surface area contributed by atoms with Gasteiger partial charge in [0, 0.05) is 0 Å². The Morgan fingerprint density at radius 3 is 2.53 bits per heavy atom. The molecule has 0 saturated carbocycles. The number of benzene rings is 1. The third-order valence-corrected chi connectivity index (χ3v) is 3.41. The molecule has 92 valence electrons. The highest BCUT2D eigenvalue weighted by atomic mass is 35.5. The van der Waals surface area contributed by atoms with E-state index in [0.717, 1.165) is 5.41 Å². The molecule has 0 radical (unpaired) electrons. The number of nitrogens with two attached hydrogens (primary N) is 1. The lowest BCUT2D eigenvalue weighted by molar-refractivity contribution is 0.606. The van der Waals surface area contributed by atoms with E-state index in [1.54, 1.807) is 18.2 Å². The molecule has 0 spiro atoms. The Morgan fingerprint density at radius 1 is 1.35 bits per heavy atom. The molecular weight excluding hydrogens is 283 g/mol. The third-order valence-electron chi connectivity index (χ3n) is 1.65. The van der Waals surface area contributed by atoms with Gasteiger partial charge in [0.1, 0.15) is 5.84 Å². The molecule has 0 saturated heterocycles. The van der Waals surface area contributed by atoms with Crippen LogP contribution in [0.2, 0.25) is 10.0 Å². The second-order valence-corrected chi connectivity index (χ2v) is 5.52. The Bertz CT molecular complexity index is 576. The van der Waals surface area contributed by atoms with E-state index < -0.39 is 10.0 Å². The summed E-state index contributed by atoms with van der Waals surface area (Å²) in [5.74, 6) is -0.0243. The fourth-order valence-electron chi connectivity index (χ4n) is 1.01. The van der Waals surface area contributed by atoms with Gasteiger partial charge in [-0.25, -0.2) is 0 Å². The van der Waals surface area contributed by atoms with Gasteiger partial charge in [-0.3, -0.25) is 0 Å². The molecule has 7 heteroatoms. The molecule has 0 fully saturated rings. The van der Waals surface area contributed by atoms with Crippen LogP contribution in [0.5, 0.6) is 0 Å². The number of nitrogens with zero attached hydrogens (tertiary/aromatic N) is 1. The van der Waals surface area contributed by atoms with Crippen LogP contribution in [0, 0.1) is 0 Å². The lowest BCUT2D eigenvalue weighted by atomic mass is 10.2. The monoisotopic (exact) mass is 292 g/mol. The zero-order valence-corrected chi connectivity index (χ0v) is 11.2. The Kier molecular flexibility index (Phi) is 4.56. The number of halogens is 2. The van der Waals surface area contributed by atoms with E-state index in [2.05, 4.69) is 4.40 Å². The summed E-state index contributed by atoms with van der Waals surface area (Å²) in [6.07, 6.45) is 1.37. The Hall–Kier alpha value is -1.04. The van der Waals surface area contributed by atoms with Gasteiger partial charge in [-0.2, -0.15) is 8.42 Å². The molecule has 1 aromatic carbocycles. The molecule has 0 bridgehead atoms. The normalized spacial score (nSPS) is 13.2. The Balaban J connectivity index is 2.99. The summed E-state index contributed by atoms with van der Waals surface area (Å²) < 4.78 is 26.0. The van der Waals surface area contributed by atoms with Crippen LogP contribution >= 0.6 is 23.2 Å². The third kappa shape index (κ3) is 4.77. The Morgan fingerprint density at radius 2 is 2.00 bits per heavy atom. The minimum atomic E-state index is -3.70. The van der Waals surface area contributed by atoms with Crippen molar-refractivity contribution >= 4 is 45.1 Å². The molecule has 0 atom stereocenters. The van der Waals surface area contributed by atoms with Crippen molar-refractivity contribution in [3.63, 3.8) is 0 Å². The number of hydrogen-bond acceptors (Lipinski definition) is 2. The first kappa shape index (κ1) is 14.0. The molecule has 2 N–H and O–H groups in total. The van der Waals surface area contributed by atoms with Gasteiger partial charge in [0.2, 0.25) is 0 Å². The summed E-state index contributed by atoms with van der Waals surface area (Å²) in [5.41, 5.74) is 5.79. The van der Waals surface area contributed by atoms with Gasteiger partial charge in [-0.1, -0.05) is 29.3 Å². The molecule has 0 heterocycles.